The van der Waals surface area contributed by atoms with Crippen LogP contribution in [0.3, 0.4) is 0 Å². The van der Waals surface area contributed by atoms with Crippen molar-refractivity contribution in [3.63, 3.8) is 0 Å². The molecule has 1 aliphatic heterocycles. The summed E-state index contributed by atoms with van der Waals surface area (Å²) >= 11 is 3.36. The molecule has 140 valence electrons. The van der Waals surface area contributed by atoms with Crippen molar-refractivity contribution in [3.05, 3.63) is 41.3 Å². The van der Waals surface area contributed by atoms with Crippen molar-refractivity contribution in [2.45, 2.75) is 38.6 Å². The zero-order chi connectivity index (χ0) is 18.2. The number of hydrogen-bond donors (Lipinski definition) is 1. The SMILES string of the molecule is O=C(Nc1ccc(Br)cn1)C1CCCN(CCCCCn2cccn2)C1. The molecule has 0 saturated carbocycles. The fourth-order valence-corrected chi connectivity index (χ4v) is 3.60. The topological polar surface area (TPSA) is 63.1 Å². The molecule has 7 heteroatoms. The number of anilines is 1. The minimum absolute atomic E-state index is 0.0540. The summed E-state index contributed by atoms with van der Waals surface area (Å²) in [6.07, 6.45) is 11.1. The van der Waals surface area contributed by atoms with Crippen molar-refractivity contribution in [1.29, 1.82) is 0 Å². The maximum atomic E-state index is 12.5. The minimum Gasteiger partial charge on any atom is -0.310 e. The Morgan fingerprint density at radius 2 is 2.15 bits per heavy atom. The molecular formula is C19H26BrN5O. The highest BCUT2D eigenvalue weighted by Crippen LogP contribution is 2.19. The van der Waals surface area contributed by atoms with Crippen LogP contribution < -0.4 is 5.32 Å². The van der Waals surface area contributed by atoms with Crippen LogP contribution in [0.15, 0.2) is 41.3 Å². The second-order valence-corrected chi connectivity index (χ2v) is 7.74. The molecule has 1 saturated heterocycles. The summed E-state index contributed by atoms with van der Waals surface area (Å²) < 4.78 is 2.89. The summed E-state index contributed by atoms with van der Waals surface area (Å²) in [7, 11) is 0. The number of rotatable bonds is 8. The molecule has 1 unspecified atom stereocenters. The highest BCUT2D eigenvalue weighted by atomic mass is 79.9. The largest absolute Gasteiger partial charge is 0.310 e. The molecule has 6 nitrogen and oxygen atoms in total. The molecule has 0 spiro atoms. The fraction of sp³-hybridized carbons (Fsp3) is 0.526. The van der Waals surface area contributed by atoms with Gasteiger partial charge in [-0.2, -0.15) is 5.10 Å². The number of piperidine rings is 1. The molecule has 2 aromatic rings. The van der Waals surface area contributed by atoms with Crippen LogP contribution in [0, 0.1) is 5.92 Å². The van der Waals surface area contributed by atoms with Crippen molar-refractivity contribution >= 4 is 27.7 Å². The Morgan fingerprint density at radius 3 is 2.92 bits per heavy atom. The van der Waals surface area contributed by atoms with Gasteiger partial charge in [0.15, 0.2) is 0 Å². The summed E-state index contributed by atoms with van der Waals surface area (Å²) in [5, 5.41) is 7.17. The Balaban J connectivity index is 1.36. The summed E-state index contributed by atoms with van der Waals surface area (Å²) in [5.41, 5.74) is 0. The second-order valence-electron chi connectivity index (χ2n) is 6.82. The number of pyridine rings is 1. The first-order valence-corrected chi connectivity index (χ1v) is 10.1. The van der Waals surface area contributed by atoms with Crippen LogP contribution in [0.5, 0.6) is 0 Å². The maximum absolute atomic E-state index is 12.5. The number of aryl methyl sites for hydroxylation is 1. The average molecular weight is 420 g/mol. The van der Waals surface area contributed by atoms with Crippen molar-refractivity contribution < 1.29 is 4.79 Å². The molecule has 3 heterocycles. The van der Waals surface area contributed by atoms with Crippen molar-refractivity contribution in [2.24, 2.45) is 5.92 Å². The van der Waals surface area contributed by atoms with E-state index in [-0.39, 0.29) is 11.8 Å². The number of likely N-dealkylation sites (tertiary alicyclic amines) is 1. The van der Waals surface area contributed by atoms with Crippen LogP contribution in [0.4, 0.5) is 5.82 Å². The lowest BCUT2D eigenvalue weighted by Crippen LogP contribution is -2.41. The standard InChI is InChI=1S/C19H26BrN5O/c20-17-7-8-18(21-14-17)23-19(26)16-6-4-11-24(15-16)10-2-1-3-12-25-13-5-9-22-25/h5,7-9,13-14,16H,1-4,6,10-12,15H2,(H,21,23,26). The minimum atomic E-state index is 0.0540. The van der Waals surface area contributed by atoms with E-state index >= 15 is 0 Å². The van der Waals surface area contributed by atoms with E-state index in [1.165, 1.54) is 12.8 Å². The number of amides is 1. The summed E-state index contributed by atoms with van der Waals surface area (Å²) in [6.45, 7) is 4.00. The van der Waals surface area contributed by atoms with Crippen molar-refractivity contribution in [1.82, 2.24) is 19.7 Å². The van der Waals surface area contributed by atoms with E-state index in [4.69, 9.17) is 0 Å². The van der Waals surface area contributed by atoms with Gasteiger partial charge in [-0.3, -0.25) is 9.48 Å². The monoisotopic (exact) mass is 419 g/mol. The third-order valence-electron chi connectivity index (χ3n) is 4.78. The summed E-state index contributed by atoms with van der Waals surface area (Å²) in [4.78, 5) is 19.2. The predicted molar refractivity (Wildman–Crippen MR) is 106 cm³/mol. The molecule has 3 rings (SSSR count). The molecule has 2 aromatic heterocycles. The number of carbonyl (C=O) groups excluding carboxylic acids is 1. The zero-order valence-electron chi connectivity index (χ0n) is 15.0. The lowest BCUT2D eigenvalue weighted by Gasteiger charge is -2.31. The van der Waals surface area contributed by atoms with Gasteiger partial charge in [0.05, 0.1) is 5.92 Å². The fourth-order valence-electron chi connectivity index (χ4n) is 3.37. The highest BCUT2D eigenvalue weighted by Gasteiger charge is 2.25. The van der Waals surface area contributed by atoms with Gasteiger partial charge in [-0.25, -0.2) is 4.98 Å². The lowest BCUT2D eigenvalue weighted by molar-refractivity contribution is -0.121. The molecule has 1 N–H and O–H groups in total. The van der Waals surface area contributed by atoms with Gasteiger partial charge in [0.25, 0.3) is 0 Å². The van der Waals surface area contributed by atoms with Gasteiger partial charge < -0.3 is 10.2 Å². The Hall–Kier alpha value is -1.73. The van der Waals surface area contributed by atoms with E-state index in [0.717, 1.165) is 49.9 Å². The van der Waals surface area contributed by atoms with Crippen LogP contribution in [-0.4, -0.2) is 45.2 Å². The number of aromatic nitrogens is 3. The number of unbranched alkanes of at least 4 members (excludes halogenated alkanes) is 2. The average Bonchev–Trinajstić information content (AvgIpc) is 3.17. The Labute approximate surface area is 163 Å². The van der Waals surface area contributed by atoms with Gasteiger partial charge in [-0.05, 0) is 72.9 Å². The van der Waals surface area contributed by atoms with Gasteiger partial charge in [0.2, 0.25) is 5.91 Å². The number of hydrogen-bond acceptors (Lipinski definition) is 4. The molecule has 0 radical (unpaired) electrons. The molecule has 0 aromatic carbocycles. The van der Waals surface area contributed by atoms with Crippen LogP contribution in [0.25, 0.3) is 0 Å². The molecular weight excluding hydrogens is 394 g/mol. The highest BCUT2D eigenvalue weighted by molar-refractivity contribution is 9.10. The molecule has 1 atom stereocenters. The first kappa shape index (κ1) is 19.0. The molecule has 1 amide bonds. The normalized spacial score (nSPS) is 18.0. The van der Waals surface area contributed by atoms with Gasteiger partial charge in [0, 0.05) is 36.2 Å². The van der Waals surface area contributed by atoms with Crippen molar-refractivity contribution in [2.75, 3.05) is 25.0 Å². The van der Waals surface area contributed by atoms with Crippen LogP contribution >= 0.6 is 15.9 Å². The van der Waals surface area contributed by atoms with E-state index in [1.807, 2.05) is 35.3 Å². The van der Waals surface area contributed by atoms with E-state index in [2.05, 4.69) is 36.2 Å². The molecule has 0 aliphatic carbocycles. The Kier molecular flexibility index (Phi) is 7.20. The molecule has 1 aliphatic rings. The smallest absolute Gasteiger partial charge is 0.229 e. The summed E-state index contributed by atoms with van der Waals surface area (Å²) in [5.74, 6) is 0.760. The number of carbonyl (C=O) groups is 1. The van der Waals surface area contributed by atoms with Crippen molar-refractivity contribution in [3.8, 4) is 0 Å². The van der Waals surface area contributed by atoms with Crippen LogP contribution in [0.1, 0.15) is 32.1 Å². The molecule has 26 heavy (non-hydrogen) atoms. The van der Waals surface area contributed by atoms with Gasteiger partial charge >= 0.3 is 0 Å². The van der Waals surface area contributed by atoms with Gasteiger partial charge in [-0.15, -0.1) is 0 Å². The van der Waals surface area contributed by atoms with E-state index in [1.54, 1.807) is 6.20 Å². The van der Waals surface area contributed by atoms with Gasteiger partial charge in [0.1, 0.15) is 5.82 Å². The third kappa shape index (κ3) is 5.92. The summed E-state index contributed by atoms with van der Waals surface area (Å²) in [6, 6.07) is 5.67. The predicted octanol–water partition coefficient (Wildman–Crippen LogP) is 3.56. The van der Waals surface area contributed by atoms with E-state index < -0.39 is 0 Å². The Bertz CT molecular complexity index is 674. The first-order chi connectivity index (χ1) is 12.7. The number of nitrogens with one attached hydrogen (secondary N) is 1. The third-order valence-corrected chi connectivity index (χ3v) is 5.24. The number of halogens is 1. The van der Waals surface area contributed by atoms with Gasteiger partial charge in [-0.1, -0.05) is 6.42 Å². The molecule has 1 fully saturated rings. The quantitative estimate of drug-likeness (QED) is 0.664. The van der Waals surface area contributed by atoms with E-state index in [9.17, 15) is 4.79 Å². The lowest BCUT2D eigenvalue weighted by atomic mass is 9.97. The first-order valence-electron chi connectivity index (χ1n) is 9.33. The second kappa shape index (κ2) is 9.83. The Morgan fingerprint density at radius 1 is 1.27 bits per heavy atom. The number of nitrogens with zero attached hydrogens (tertiary/aromatic N) is 4. The maximum Gasteiger partial charge on any atom is 0.229 e. The van der Waals surface area contributed by atoms with Crippen LogP contribution in [-0.2, 0) is 11.3 Å². The molecule has 0 bridgehead atoms. The van der Waals surface area contributed by atoms with E-state index in [0.29, 0.717) is 5.82 Å². The zero-order valence-corrected chi connectivity index (χ0v) is 16.6. The van der Waals surface area contributed by atoms with Crippen LogP contribution in [0.2, 0.25) is 0 Å².